The number of aromatic nitrogens is 2. The third-order valence-electron chi connectivity index (χ3n) is 4.01. The van der Waals surface area contributed by atoms with Crippen LogP contribution in [0.3, 0.4) is 0 Å². The molecule has 0 saturated heterocycles. The van der Waals surface area contributed by atoms with Crippen LogP contribution in [0.4, 0.5) is 5.82 Å². The highest BCUT2D eigenvalue weighted by Crippen LogP contribution is 2.37. The molecule has 0 radical (unpaired) electrons. The fourth-order valence-corrected chi connectivity index (χ4v) is 3.74. The number of thiophene rings is 1. The van der Waals surface area contributed by atoms with E-state index in [2.05, 4.69) is 33.5 Å². The number of furan rings is 1. The third-order valence-corrected chi connectivity index (χ3v) is 5.19. The molecule has 0 aliphatic heterocycles. The lowest BCUT2D eigenvalue weighted by atomic mass is 10.2. The van der Waals surface area contributed by atoms with Crippen molar-refractivity contribution in [3.05, 3.63) is 60.8 Å². The van der Waals surface area contributed by atoms with Crippen LogP contribution in [0.15, 0.2) is 59.5 Å². The smallest absolute Gasteiger partial charge is 0.148 e. The van der Waals surface area contributed by atoms with Gasteiger partial charge in [-0.2, -0.15) is 0 Å². The molecule has 5 nitrogen and oxygen atoms in total. The lowest BCUT2D eigenvalue weighted by Crippen LogP contribution is -2.07. The molecule has 126 valence electrons. The van der Waals surface area contributed by atoms with Crippen molar-refractivity contribution in [2.24, 2.45) is 0 Å². The van der Waals surface area contributed by atoms with Gasteiger partial charge in [-0.3, -0.25) is 0 Å². The largest absolute Gasteiger partial charge is 0.497 e. The molecule has 25 heavy (non-hydrogen) atoms. The second-order valence-corrected chi connectivity index (χ2v) is 6.71. The van der Waals surface area contributed by atoms with Crippen LogP contribution < -0.4 is 10.1 Å². The summed E-state index contributed by atoms with van der Waals surface area (Å²) in [5.74, 6) is 2.54. The average Bonchev–Trinajstić information content (AvgIpc) is 3.32. The van der Waals surface area contributed by atoms with Crippen LogP contribution in [0, 0.1) is 0 Å². The first kappa shape index (κ1) is 15.7. The number of ether oxygens (including phenoxy) is 1. The highest BCUT2D eigenvalue weighted by Gasteiger charge is 2.14. The minimum Gasteiger partial charge on any atom is -0.497 e. The maximum atomic E-state index is 5.46. The molecule has 6 heteroatoms. The SMILES string of the molecule is COc1ccc(-c2cc3ncnc(N[C@@H](C)c4ccco4)c3s2)cc1. The van der Waals surface area contributed by atoms with Crippen molar-refractivity contribution in [1.29, 1.82) is 0 Å². The fourth-order valence-electron chi connectivity index (χ4n) is 2.67. The molecule has 0 aliphatic carbocycles. The molecule has 0 spiro atoms. The lowest BCUT2D eigenvalue weighted by molar-refractivity contribution is 0.415. The van der Waals surface area contributed by atoms with Gasteiger partial charge in [0.15, 0.2) is 0 Å². The minimum absolute atomic E-state index is 0.0274. The molecule has 3 aromatic heterocycles. The van der Waals surface area contributed by atoms with Gasteiger partial charge in [0.25, 0.3) is 0 Å². The van der Waals surface area contributed by atoms with Crippen molar-refractivity contribution in [1.82, 2.24) is 9.97 Å². The third kappa shape index (κ3) is 3.08. The zero-order chi connectivity index (χ0) is 17.2. The zero-order valence-corrected chi connectivity index (χ0v) is 14.7. The van der Waals surface area contributed by atoms with E-state index in [0.29, 0.717) is 0 Å². The van der Waals surface area contributed by atoms with E-state index in [-0.39, 0.29) is 6.04 Å². The standard InChI is InChI=1S/C19H17N3O2S/c1-12(16-4-3-9-24-16)22-19-18-15(20-11-21-19)10-17(25-18)13-5-7-14(23-2)8-6-13/h3-12H,1-2H3,(H,20,21,22)/t12-/m0/s1. The van der Waals surface area contributed by atoms with Gasteiger partial charge >= 0.3 is 0 Å². The van der Waals surface area contributed by atoms with E-state index in [1.807, 2.05) is 31.2 Å². The average molecular weight is 351 g/mol. The first-order valence-electron chi connectivity index (χ1n) is 7.93. The number of nitrogens with zero attached hydrogens (tertiary/aromatic N) is 2. The highest BCUT2D eigenvalue weighted by molar-refractivity contribution is 7.22. The van der Waals surface area contributed by atoms with Gasteiger partial charge in [0.2, 0.25) is 0 Å². The van der Waals surface area contributed by atoms with E-state index in [0.717, 1.165) is 38.0 Å². The molecule has 0 unspecified atom stereocenters. The Morgan fingerprint density at radius 2 is 2.00 bits per heavy atom. The van der Waals surface area contributed by atoms with Crippen LogP contribution in [0.1, 0.15) is 18.7 Å². The van der Waals surface area contributed by atoms with E-state index >= 15 is 0 Å². The molecular weight excluding hydrogens is 334 g/mol. The van der Waals surface area contributed by atoms with E-state index < -0.39 is 0 Å². The molecule has 0 bridgehead atoms. The van der Waals surface area contributed by atoms with Crippen LogP contribution in [-0.4, -0.2) is 17.1 Å². The van der Waals surface area contributed by atoms with E-state index in [4.69, 9.17) is 9.15 Å². The van der Waals surface area contributed by atoms with Crippen molar-refractivity contribution in [2.75, 3.05) is 12.4 Å². The van der Waals surface area contributed by atoms with Gasteiger partial charge in [-0.25, -0.2) is 9.97 Å². The van der Waals surface area contributed by atoms with Gasteiger partial charge in [0, 0.05) is 4.88 Å². The molecule has 0 aliphatic rings. The maximum absolute atomic E-state index is 5.46. The van der Waals surface area contributed by atoms with Gasteiger partial charge in [-0.1, -0.05) is 0 Å². The maximum Gasteiger partial charge on any atom is 0.148 e. The normalized spacial score (nSPS) is 12.2. The number of nitrogens with one attached hydrogen (secondary N) is 1. The first-order chi connectivity index (χ1) is 12.2. The summed E-state index contributed by atoms with van der Waals surface area (Å²) in [5, 5.41) is 3.42. The van der Waals surface area contributed by atoms with Crippen LogP contribution in [0.2, 0.25) is 0 Å². The van der Waals surface area contributed by atoms with Crippen molar-refractivity contribution < 1.29 is 9.15 Å². The molecule has 1 N–H and O–H groups in total. The Bertz CT molecular complexity index is 978. The van der Waals surface area contributed by atoms with Gasteiger partial charge in [0.1, 0.15) is 23.7 Å². The molecule has 0 fully saturated rings. The molecule has 0 saturated carbocycles. The minimum atomic E-state index is 0.0274. The number of hydrogen-bond acceptors (Lipinski definition) is 6. The second-order valence-electron chi connectivity index (χ2n) is 5.66. The van der Waals surface area contributed by atoms with E-state index in [9.17, 15) is 0 Å². The zero-order valence-electron chi connectivity index (χ0n) is 13.9. The van der Waals surface area contributed by atoms with Crippen molar-refractivity contribution in [3.63, 3.8) is 0 Å². The monoisotopic (exact) mass is 351 g/mol. The molecule has 1 aromatic carbocycles. The predicted octanol–water partition coefficient (Wildman–Crippen LogP) is 5.13. The Labute approximate surface area is 149 Å². The van der Waals surface area contributed by atoms with Crippen LogP contribution in [0.25, 0.3) is 20.7 Å². The number of hydrogen-bond donors (Lipinski definition) is 1. The number of anilines is 1. The molecule has 3 heterocycles. The lowest BCUT2D eigenvalue weighted by Gasteiger charge is -2.12. The Morgan fingerprint density at radius 1 is 1.16 bits per heavy atom. The first-order valence-corrected chi connectivity index (χ1v) is 8.75. The van der Waals surface area contributed by atoms with E-state index in [1.165, 1.54) is 0 Å². The Morgan fingerprint density at radius 3 is 2.72 bits per heavy atom. The van der Waals surface area contributed by atoms with Crippen molar-refractivity contribution in [2.45, 2.75) is 13.0 Å². The quantitative estimate of drug-likeness (QED) is 0.540. The Hall–Kier alpha value is -2.86. The number of fused-ring (bicyclic) bond motifs is 1. The molecule has 4 aromatic rings. The number of methoxy groups -OCH3 is 1. The molecular formula is C19H17N3O2S. The highest BCUT2D eigenvalue weighted by atomic mass is 32.1. The van der Waals surface area contributed by atoms with Crippen LogP contribution in [0.5, 0.6) is 5.75 Å². The van der Waals surface area contributed by atoms with Crippen molar-refractivity contribution in [3.8, 4) is 16.2 Å². The fraction of sp³-hybridized carbons (Fsp3) is 0.158. The van der Waals surface area contributed by atoms with Gasteiger partial charge < -0.3 is 14.5 Å². The summed E-state index contributed by atoms with van der Waals surface area (Å²) in [6.07, 6.45) is 3.26. The van der Waals surface area contributed by atoms with Gasteiger partial charge in [-0.15, -0.1) is 11.3 Å². The van der Waals surface area contributed by atoms with Gasteiger partial charge in [-0.05, 0) is 55.0 Å². The summed E-state index contributed by atoms with van der Waals surface area (Å²) in [6, 6.07) is 14.0. The van der Waals surface area contributed by atoms with Crippen LogP contribution in [-0.2, 0) is 0 Å². The summed E-state index contributed by atoms with van der Waals surface area (Å²) in [4.78, 5) is 9.97. The summed E-state index contributed by atoms with van der Waals surface area (Å²) in [7, 11) is 1.67. The molecule has 0 amide bonds. The molecule has 4 rings (SSSR count). The summed E-state index contributed by atoms with van der Waals surface area (Å²) >= 11 is 1.67. The van der Waals surface area contributed by atoms with Crippen molar-refractivity contribution >= 4 is 27.4 Å². The molecule has 1 atom stereocenters. The van der Waals surface area contributed by atoms with Gasteiger partial charge in [0.05, 0.1) is 29.6 Å². The summed E-state index contributed by atoms with van der Waals surface area (Å²) in [6.45, 7) is 2.05. The topological polar surface area (TPSA) is 60.2 Å². The number of rotatable bonds is 5. The predicted molar refractivity (Wildman–Crippen MR) is 100 cm³/mol. The summed E-state index contributed by atoms with van der Waals surface area (Å²) in [5.41, 5.74) is 2.06. The van der Waals surface area contributed by atoms with E-state index in [1.54, 1.807) is 31.0 Å². The van der Waals surface area contributed by atoms with Crippen LogP contribution >= 0.6 is 11.3 Å². The second kappa shape index (κ2) is 6.57. The summed E-state index contributed by atoms with van der Waals surface area (Å²) < 4.78 is 11.7. The Kier molecular flexibility index (Phi) is 4.11. The Balaban J connectivity index is 1.68. The number of benzene rings is 1.